The molecule has 0 aliphatic carbocycles. The van der Waals surface area contributed by atoms with E-state index >= 15 is 0 Å². The monoisotopic (exact) mass is 397 g/mol. The van der Waals surface area contributed by atoms with E-state index in [1.807, 2.05) is 28.3 Å². The second kappa shape index (κ2) is 8.41. The Bertz CT molecular complexity index is 941. The van der Waals surface area contributed by atoms with Crippen LogP contribution in [-0.4, -0.2) is 51.8 Å². The lowest BCUT2D eigenvalue weighted by Gasteiger charge is -2.26. The summed E-state index contributed by atoms with van der Waals surface area (Å²) in [6.07, 6.45) is 5.61. The molecule has 148 valence electrons. The molecule has 1 amide bonds. The van der Waals surface area contributed by atoms with E-state index in [2.05, 4.69) is 29.2 Å². The molecule has 4 heterocycles. The van der Waals surface area contributed by atoms with Gasteiger partial charge in [0, 0.05) is 19.1 Å². The van der Waals surface area contributed by atoms with E-state index in [0.29, 0.717) is 12.1 Å². The first-order valence-corrected chi connectivity index (χ1v) is 10.9. The Labute approximate surface area is 169 Å². The van der Waals surface area contributed by atoms with Crippen LogP contribution < -0.4 is 5.32 Å². The maximum absolute atomic E-state index is 13.0. The highest BCUT2D eigenvalue weighted by Gasteiger charge is 2.19. The standard InChI is InChI=1S/C21H27N5OS/c1-15(2)26-20-17(14-23-26)16(13-18(24-20)19-7-6-12-28-19)21(27)22-8-11-25-9-4-3-5-10-25/h6-7,12-15H,3-5,8-11H2,1-2H3,(H,22,27). The average Bonchev–Trinajstić information content (AvgIpc) is 3.37. The van der Waals surface area contributed by atoms with Crippen molar-refractivity contribution in [2.24, 2.45) is 0 Å². The average molecular weight is 398 g/mol. The maximum atomic E-state index is 13.0. The molecule has 0 spiro atoms. The molecule has 1 aliphatic rings. The van der Waals surface area contributed by atoms with Gasteiger partial charge in [0.25, 0.3) is 5.91 Å². The summed E-state index contributed by atoms with van der Waals surface area (Å²) in [6, 6.07) is 6.12. The summed E-state index contributed by atoms with van der Waals surface area (Å²) in [6.45, 7) is 7.99. The van der Waals surface area contributed by atoms with Crippen LogP contribution in [0.25, 0.3) is 21.6 Å². The molecule has 3 aromatic heterocycles. The number of thiophene rings is 1. The number of rotatable bonds is 6. The molecule has 1 aliphatic heterocycles. The molecular weight excluding hydrogens is 370 g/mol. The first kappa shape index (κ1) is 19.1. The number of nitrogens with one attached hydrogen (secondary N) is 1. The van der Waals surface area contributed by atoms with Gasteiger partial charge < -0.3 is 10.2 Å². The highest BCUT2D eigenvalue weighted by Crippen LogP contribution is 2.28. The predicted octanol–water partition coefficient (Wildman–Crippen LogP) is 3.96. The van der Waals surface area contributed by atoms with Crippen LogP contribution >= 0.6 is 11.3 Å². The number of piperidine rings is 1. The lowest BCUT2D eigenvalue weighted by Crippen LogP contribution is -2.37. The summed E-state index contributed by atoms with van der Waals surface area (Å²) in [5.74, 6) is -0.0504. The predicted molar refractivity (Wildman–Crippen MR) is 114 cm³/mol. The number of amides is 1. The number of carbonyl (C=O) groups is 1. The van der Waals surface area contributed by atoms with Gasteiger partial charge in [0.2, 0.25) is 0 Å². The molecule has 0 saturated carbocycles. The van der Waals surface area contributed by atoms with E-state index in [0.717, 1.165) is 41.2 Å². The van der Waals surface area contributed by atoms with Crippen molar-refractivity contribution < 1.29 is 4.79 Å². The van der Waals surface area contributed by atoms with E-state index in [1.165, 1.54) is 19.3 Å². The minimum absolute atomic E-state index is 0.0504. The van der Waals surface area contributed by atoms with Crippen LogP contribution in [0.3, 0.4) is 0 Å². The van der Waals surface area contributed by atoms with Crippen molar-refractivity contribution >= 4 is 28.3 Å². The molecule has 0 unspecified atom stereocenters. The van der Waals surface area contributed by atoms with Gasteiger partial charge in [-0.3, -0.25) is 4.79 Å². The minimum Gasteiger partial charge on any atom is -0.351 e. The summed E-state index contributed by atoms with van der Waals surface area (Å²) >= 11 is 1.63. The largest absolute Gasteiger partial charge is 0.351 e. The van der Waals surface area contributed by atoms with Gasteiger partial charge in [-0.25, -0.2) is 9.67 Å². The van der Waals surface area contributed by atoms with Crippen LogP contribution in [0.15, 0.2) is 29.8 Å². The molecular formula is C21H27N5OS. The second-order valence-corrected chi connectivity index (χ2v) is 8.56. The number of carbonyl (C=O) groups excluding carboxylic acids is 1. The number of nitrogens with zero attached hydrogens (tertiary/aromatic N) is 4. The Hall–Kier alpha value is -2.25. The lowest BCUT2D eigenvalue weighted by molar-refractivity contribution is 0.0948. The maximum Gasteiger partial charge on any atom is 0.252 e. The van der Waals surface area contributed by atoms with Crippen LogP contribution in [0.4, 0.5) is 0 Å². The number of hydrogen-bond acceptors (Lipinski definition) is 5. The fourth-order valence-corrected chi connectivity index (χ4v) is 4.43. The zero-order chi connectivity index (χ0) is 19.5. The molecule has 7 heteroatoms. The van der Waals surface area contributed by atoms with Crippen LogP contribution in [0.2, 0.25) is 0 Å². The van der Waals surface area contributed by atoms with Gasteiger partial charge in [-0.1, -0.05) is 12.5 Å². The number of likely N-dealkylation sites (tertiary alicyclic amines) is 1. The zero-order valence-electron chi connectivity index (χ0n) is 16.5. The Balaban J connectivity index is 1.60. The third kappa shape index (κ3) is 3.95. The van der Waals surface area contributed by atoms with Crippen LogP contribution in [0.5, 0.6) is 0 Å². The molecule has 0 bridgehead atoms. The van der Waals surface area contributed by atoms with E-state index in [1.54, 1.807) is 17.5 Å². The van der Waals surface area contributed by atoms with Crippen LogP contribution in [0, 0.1) is 0 Å². The number of hydrogen-bond donors (Lipinski definition) is 1. The van der Waals surface area contributed by atoms with Crippen molar-refractivity contribution in [3.05, 3.63) is 35.3 Å². The highest BCUT2D eigenvalue weighted by molar-refractivity contribution is 7.13. The molecule has 1 saturated heterocycles. The fraction of sp³-hybridized carbons (Fsp3) is 0.476. The molecule has 0 atom stereocenters. The molecule has 4 rings (SSSR count). The number of fused-ring (bicyclic) bond motifs is 1. The minimum atomic E-state index is -0.0504. The SMILES string of the molecule is CC(C)n1ncc2c(C(=O)NCCN3CCCCC3)cc(-c3cccs3)nc21. The van der Waals surface area contributed by atoms with E-state index < -0.39 is 0 Å². The quantitative estimate of drug-likeness (QED) is 0.684. The number of pyridine rings is 1. The summed E-state index contributed by atoms with van der Waals surface area (Å²) in [7, 11) is 0. The third-order valence-electron chi connectivity index (χ3n) is 5.24. The smallest absolute Gasteiger partial charge is 0.252 e. The van der Waals surface area contributed by atoms with Gasteiger partial charge in [-0.05, 0) is 57.3 Å². The summed E-state index contributed by atoms with van der Waals surface area (Å²) in [5.41, 5.74) is 2.24. The molecule has 0 aromatic carbocycles. The van der Waals surface area contributed by atoms with Crippen molar-refractivity contribution in [3.63, 3.8) is 0 Å². The first-order valence-electron chi connectivity index (χ1n) is 10.1. The van der Waals surface area contributed by atoms with E-state index in [4.69, 9.17) is 4.98 Å². The summed E-state index contributed by atoms with van der Waals surface area (Å²) in [4.78, 5) is 21.3. The van der Waals surface area contributed by atoms with Gasteiger partial charge in [0.1, 0.15) is 0 Å². The Morgan fingerprint density at radius 1 is 1.29 bits per heavy atom. The van der Waals surface area contributed by atoms with Crippen molar-refractivity contribution in [1.82, 2.24) is 25.0 Å². The normalized spacial score (nSPS) is 15.4. The fourth-order valence-electron chi connectivity index (χ4n) is 3.74. The van der Waals surface area contributed by atoms with Gasteiger partial charge in [-0.2, -0.15) is 5.10 Å². The van der Waals surface area contributed by atoms with Gasteiger partial charge in [-0.15, -0.1) is 11.3 Å². The molecule has 0 radical (unpaired) electrons. The van der Waals surface area contributed by atoms with Crippen molar-refractivity contribution in [1.29, 1.82) is 0 Å². The highest BCUT2D eigenvalue weighted by atomic mass is 32.1. The van der Waals surface area contributed by atoms with Crippen LogP contribution in [-0.2, 0) is 0 Å². The van der Waals surface area contributed by atoms with Gasteiger partial charge >= 0.3 is 0 Å². The van der Waals surface area contributed by atoms with Gasteiger partial charge in [0.05, 0.1) is 27.7 Å². The van der Waals surface area contributed by atoms with Crippen molar-refractivity contribution in [2.45, 2.75) is 39.2 Å². The Morgan fingerprint density at radius 2 is 2.11 bits per heavy atom. The second-order valence-electron chi connectivity index (χ2n) is 7.61. The van der Waals surface area contributed by atoms with Crippen molar-refractivity contribution in [3.8, 4) is 10.6 Å². The Kier molecular flexibility index (Phi) is 5.73. The third-order valence-corrected chi connectivity index (χ3v) is 6.13. The lowest BCUT2D eigenvalue weighted by atomic mass is 10.1. The van der Waals surface area contributed by atoms with E-state index in [9.17, 15) is 4.79 Å². The first-order chi connectivity index (χ1) is 13.6. The van der Waals surface area contributed by atoms with Crippen molar-refractivity contribution in [2.75, 3.05) is 26.2 Å². The van der Waals surface area contributed by atoms with Gasteiger partial charge in [0.15, 0.2) is 5.65 Å². The topological polar surface area (TPSA) is 63.1 Å². The Morgan fingerprint density at radius 3 is 2.82 bits per heavy atom. The van der Waals surface area contributed by atoms with E-state index in [-0.39, 0.29) is 11.9 Å². The molecule has 28 heavy (non-hydrogen) atoms. The summed E-state index contributed by atoms with van der Waals surface area (Å²) in [5, 5.41) is 10.4. The molecule has 6 nitrogen and oxygen atoms in total. The van der Waals surface area contributed by atoms with Crippen LogP contribution in [0.1, 0.15) is 49.5 Å². The zero-order valence-corrected chi connectivity index (χ0v) is 17.3. The molecule has 1 fully saturated rings. The molecule has 3 aromatic rings. The number of aromatic nitrogens is 3. The molecule has 1 N–H and O–H groups in total. The summed E-state index contributed by atoms with van der Waals surface area (Å²) < 4.78 is 1.89.